The molecule has 1 N–H and O–H groups in total. The van der Waals surface area contributed by atoms with Crippen molar-refractivity contribution in [3.63, 3.8) is 0 Å². The molecule has 1 aromatic heterocycles. The van der Waals surface area contributed by atoms with Crippen LogP contribution in [0.4, 0.5) is 8.78 Å². The van der Waals surface area contributed by atoms with E-state index in [1.54, 1.807) is 4.68 Å². The molecule has 0 bridgehead atoms. The van der Waals surface area contributed by atoms with Gasteiger partial charge in [-0.1, -0.05) is 0 Å². The van der Waals surface area contributed by atoms with Gasteiger partial charge in [-0.25, -0.2) is 8.78 Å². The van der Waals surface area contributed by atoms with Gasteiger partial charge in [-0.3, -0.25) is 4.68 Å². The number of benzene rings is 1. The van der Waals surface area contributed by atoms with Crippen LogP contribution >= 0.6 is 12.4 Å². The predicted octanol–water partition coefficient (Wildman–Crippen LogP) is 2.99. The Morgan fingerprint density at radius 2 is 1.90 bits per heavy atom. The third-order valence-corrected chi connectivity index (χ3v) is 3.55. The van der Waals surface area contributed by atoms with Crippen molar-refractivity contribution >= 4 is 12.4 Å². The Hall–Kier alpha value is -1.46. The fourth-order valence-electron chi connectivity index (χ4n) is 2.74. The van der Waals surface area contributed by atoms with Crippen LogP contribution in [0.25, 0.3) is 11.3 Å². The minimum atomic E-state index is -0.563. The smallest absolute Gasteiger partial charge is 0.126 e. The summed E-state index contributed by atoms with van der Waals surface area (Å²) >= 11 is 0. The van der Waals surface area contributed by atoms with Gasteiger partial charge in [0.15, 0.2) is 0 Å². The molecule has 3 nitrogen and oxygen atoms in total. The molecule has 0 spiro atoms. The van der Waals surface area contributed by atoms with Crippen molar-refractivity contribution in [1.29, 1.82) is 0 Å². The first kappa shape index (κ1) is 14.9. The van der Waals surface area contributed by atoms with Crippen molar-refractivity contribution in [1.82, 2.24) is 15.1 Å². The maximum absolute atomic E-state index is 13.4. The molecule has 0 fully saturated rings. The molecule has 0 amide bonds. The quantitative estimate of drug-likeness (QED) is 0.877. The zero-order chi connectivity index (χ0) is 13.6. The molecule has 20 heavy (non-hydrogen) atoms. The van der Waals surface area contributed by atoms with Crippen LogP contribution in [0.5, 0.6) is 0 Å². The highest BCUT2D eigenvalue weighted by Gasteiger charge is 2.25. The van der Waals surface area contributed by atoms with Crippen molar-refractivity contribution in [2.75, 3.05) is 6.54 Å². The number of aryl methyl sites for hydroxylation is 1. The lowest BCUT2D eigenvalue weighted by atomic mass is 9.97. The lowest BCUT2D eigenvalue weighted by Crippen LogP contribution is -2.27. The molecule has 0 saturated heterocycles. The molecule has 3 rings (SSSR count). The molecule has 6 heteroatoms. The highest BCUT2D eigenvalue weighted by Crippen LogP contribution is 2.32. The summed E-state index contributed by atoms with van der Waals surface area (Å²) in [4.78, 5) is 0. The number of nitrogens with zero attached hydrogens (tertiary/aromatic N) is 2. The normalized spacial score (nSPS) is 17.5. The van der Waals surface area contributed by atoms with Crippen LogP contribution < -0.4 is 5.32 Å². The lowest BCUT2D eigenvalue weighted by Gasteiger charge is -2.19. The van der Waals surface area contributed by atoms with E-state index in [9.17, 15) is 8.78 Å². The zero-order valence-corrected chi connectivity index (χ0v) is 12.1. The van der Waals surface area contributed by atoms with E-state index in [0.717, 1.165) is 36.0 Å². The minimum absolute atomic E-state index is 0. The van der Waals surface area contributed by atoms with Crippen LogP contribution in [-0.4, -0.2) is 16.3 Å². The number of aromatic nitrogens is 2. The summed E-state index contributed by atoms with van der Waals surface area (Å²) in [5, 5.41) is 7.81. The van der Waals surface area contributed by atoms with Crippen molar-refractivity contribution < 1.29 is 8.78 Å². The summed E-state index contributed by atoms with van der Waals surface area (Å²) in [5.74, 6) is -1.13. The molecule has 2 heterocycles. The molecular formula is C14H16ClF2N3. The Balaban J connectivity index is 0.00000147. The van der Waals surface area contributed by atoms with Crippen LogP contribution in [0.2, 0.25) is 0 Å². The predicted molar refractivity (Wildman–Crippen MR) is 75.9 cm³/mol. The van der Waals surface area contributed by atoms with Crippen LogP contribution in [0, 0.1) is 11.6 Å². The third kappa shape index (κ3) is 2.43. The standard InChI is InChI=1S/C14H15F2N3.ClH/c1-8-13-12(3-4-17-8)14(19(2)18-13)9-5-10(15)7-11(16)6-9;/h5-8,17H,3-4H2,1-2H3;1H. The van der Waals surface area contributed by atoms with Gasteiger partial charge >= 0.3 is 0 Å². The largest absolute Gasteiger partial charge is 0.308 e. The van der Waals surface area contributed by atoms with Crippen LogP contribution in [0.3, 0.4) is 0 Å². The van der Waals surface area contributed by atoms with Gasteiger partial charge in [0.25, 0.3) is 0 Å². The Labute approximate surface area is 122 Å². The van der Waals surface area contributed by atoms with E-state index in [0.29, 0.717) is 5.56 Å². The number of halogens is 3. The third-order valence-electron chi connectivity index (χ3n) is 3.55. The second kappa shape index (κ2) is 5.50. The molecule has 108 valence electrons. The van der Waals surface area contributed by atoms with E-state index < -0.39 is 11.6 Å². The first-order valence-corrected chi connectivity index (χ1v) is 6.32. The van der Waals surface area contributed by atoms with E-state index in [-0.39, 0.29) is 18.4 Å². The van der Waals surface area contributed by atoms with Crippen molar-refractivity contribution in [2.24, 2.45) is 7.05 Å². The maximum Gasteiger partial charge on any atom is 0.126 e. The molecule has 0 saturated carbocycles. The minimum Gasteiger partial charge on any atom is -0.308 e. The summed E-state index contributed by atoms with van der Waals surface area (Å²) in [5.41, 5.74) is 3.40. The fourth-order valence-corrected chi connectivity index (χ4v) is 2.74. The Morgan fingerprint density at radius 1 is 1.25 bits per heavy atom. The first-order chi connectivity index (χ1) is 9.06. The second-order valence-corrected chi connectivity index (χ2v) is 4.92. The first-order valence-electron chi connectivity index (χ1n) is 6.32. The molecule has 0 radical (unpaired) electrons. The van der Waals surface area contributed by atoms with E-state index >= 15 is 0 Å². The van der Waals surface area contributed by atoms with Gasteiger partial charge in [-0.05, 0) is 32.0 Å². The average molecular weight is 300 g/mol. The Bertz CT molecular complexity index is 619. The molecule has 1 aromatic carbocycles. The summed E-state index contributed by atoms with van der Waals surface area (Å²) in [7, 11) is 1.81. The molecule has 1 aliphatic heterocycles. The van der Waals surface area contributed by atoms with Gasteiger partial charge in [0.2, 0.25) is 0 Å². The van der Waals surface area contributed by atoms with Gasteiger partial charge in [-0.15, -0.1) is 12.4 Å². The number of hydrogen-bond donors (Lipinski definition) is 1. The van der Waals surface area contributed by atoms with Crippen molar-refractivity contribution in [3.8, 4) is 11.3 Å². The zero-order valence-electron chi connectivity index (χ0n) is 11.3. The maximum atomic E-state index is 13.4. The van der Waals surface area contributed by atoms with Crippen molar-refractivity contribution in [2.45, 2.75) is 19.4 Å². The van der Waals surface area contributed by atoms with Gasteiger partial charge in [0.1, 0.15) is 11.6 Å². The van der Waals surface area contributed by atoms with Gasteiger partial charge < -0.3 is 5.32 Å². The van der Waals surface area contributed by atoms with E-state index in [2.05, 4.69) is 10.4 Å². The van der Waals surface area contributed by atoms with Crippen molar-refractivity contribution in [3.05, 3.63) is 41.1 Å². The number of rotatable bonds is 1. The number of fused-ring (bicyclic) bond motifs is 1. The second-order valence-electron chi connectivity index (χ2n) is 4.92. The molecule has 1 aliphatic rings. The summed E-state index contributed by atoms with van der Waals surface area (Å²) in [6.45, 7) is 2.89. The van der Waals surface area contributed by atoms with E-state index in [1.165, 1.54) is 12.1 Å². The molecular weight excluding hydrogens is 284 g/mol. The molecule has 1 unspecified atom stereocenters. The topological polar surface area (TPSA) is 29.9 Å². The molecule has 1 atom stereocenters. The molecule has 0 aliphatic carbocycles. The van der Waals surface area contributed by atoms with Crippen LogP contribution in [0.15, 0.2) is 18.2 Å². The average Bonchev–Trinajstić information content (AvgIpc) is 2.65. The SMILES string of the molecule is CC1NCCc2c1nn(C)c2-c1cc(F)cc(F)c1.Cl. The highest BCUT2D eigenvalue weighted by atomic mass is 35.5. The Morgan fingerprint density at radius 3 is 2.55 bits per heavy atom. The van der Waals surface area contributed by atoms with E-state index in [4.69, 9.17) is 0 Å². The fraction of sp³-hybridized carbons (Fsp3) is 0.357. The van der Waals surface area contributed by atoms with Gasteiger partial charge in [-0.2, -0.15) is 5.10 Å². The van der Waals surface area contributed by atoms with Gasteiger partial charge in [0, 0.05) is 30.3 Å². The van der Waals surface area contributed by atoms with E-state index in [1.807, 2.05) is 14.0 Å². The summed E-state index contributed by atoms with van der Waals surface area (Å²) in [6.07, 6.45) is 0.820. The van der Waals surface area contributed by atoms with Crippen LogP contribution in [0.1, 0.15) is 24.2 Å². The molecule has 2 aromatic rings. The summed E-state index contributed by atoms with van der Waals surface area (Å²) < 4.78 is 28.5. The van der Waals surface area contributed by atoms with Gasteiger partial charge in [0.05, 0.1) is 11.4 Å². The highest BCUT2D eigenvalue weighted by molar-refractivity contribution is 5.85. The summed E-state index contributed by atoms with van der Waals surface area (Å²) in [6, 6.07) is 3.76. The lowest BCUT2D eigenvalue weighted by molar-refractivity contribution is 0.525. The van der Waals surface area contributed by atoms with Crippen LogP contribution in [-0.2, 0) is 13.5 Å². The Kier molecular flexibility index (Phi) is 4.11. The number of hydrogen-bond acceptors (Lipinski definition) is 2. The number of nitrogens with one attached hydrogen (secondary N) is 1. The monoisotopic (exact) mass is 299 g/mol.